The van der Waals surface area contributed by atoms with Crippen molar-refractivity contribution in [3.63, 3.8) is 0 Å². The number of rotatable bonds is 19. The zero-order valence-electron chi connectivity index (χ0n) is 32.7. The Labute approximate surface area is 296 Å². The Kier molecular flexibility index (Phi) is 18.0. The van der Waals surface area contributed by atoms with Gasteiger partial charge >= 0.3 is 0 Å². The van der Waals surface area contributed by atoms with Gasteiger partial charge in [-0.25, -0.2) is 0 Å². The highest BCUT2D eigenvalue weighted by Gasteiger charge is 2.41. The number of carbonyl (C=O) groups excluding carboxylic acids is 5. The summed E-state index contributed by atoms with van der Waals surface area (Å²) in [6.45, 7) is 19.4. The summed E-state index contributed by atoms with van der Waals surface area (Å²) in [7, 11) is 6.54. The topological polar surface area (TPSA) is 131 Å². The van der Waals surface area contributed by atoms with Crippen molar-refractivity contribution in [3.8, 4) is 0 Å². The summed E-state index contributed by atoms with van der Waals surface area (Å²) in [4.78, 5) is 73.3. The third-order valence-corrected chi connectivity index (χ3v) is 9.12. The van der Waals surface area contributed by atoms with Crippen LogP contribution < -0.4 is 16.0 Å². The molecule has 0 unspecified atom stereocenters. The average Bonchev–Trinajstić information content (AvgIpc) is 3.01. The minimum absolute atomic E-state index is 0.182. The second kappa shape index (κ2) is 20.3. The third-order valence-electron chi connectivity index (χ3n) is 9.12. The summed E-state index contributed by atoms with van der Waals surface area (Å²) < 4.78 is 0. The van der Waals surface area contributed by atoms with Crippen LogP contribution in [0.5, 0.6) is 0 Å². The fraction of sp³-hybridized carbons (Fsp3) is 0.711. The Morgan fingerprint density at radius 3 is 1.53 bits per heavy atom. The van der Waals surface area contributed by atoms with Crippen LogP contribution in [-0.2, 0) is 30.4 Å². The molecule has 11 nitrogen and oxygen atoms in total. The van der Waals surface area contributed by atoms with Gasteiger partial charge in [0.05, 0.1) is 6.04 Å². The van der Waals surface area contributed by atoms with E-state index in [-0.39, 0.29) is 47.3 Å². The van der Waals surface area contributed by atoms with Gasteiger partial charge in [-0.15, -0.1) is 0 Å². The van der Waals surface area contributed by atoms with Crippen molar-refractivity contribution in [2.45, 2.75) is 112 Å². The second-order valence-corrected chi connectivity index (χ2v) is 15.1. The maximum absolute atomic E-state index is 14.1. The van der Waals surface area contributed by atoms with Crippen molar-refractivity contribution >= 4 is 29.5 Å². The molecule has 0 aromatic heterocycles. The average molecular weight is 687 g/mol. The molecule has 5 atom stereocenters. The van der Waals surface area contributed by atoms with Gasteiger partial charge in [-0.1, -0.05) is 99.6 Å². The molecule has 0 radical (unpaired) electrons. The van der Waals surface area contributed by atoms with Crippen molar-refractivity contribution in [1.29, 1.82) is 0 Å². The molecule has 0 aliphatic carbocycles. The van der Waals surface area contributed by atoms with Gasteiger partial charge in [-0.2, -0.15) is 0 Å². The molecule has 0 spiro atoms. The van der Waals surface area contributed by atoms with Crippen LogP contribution >= 0.6 is 0 Å². The van der Waals surface area contributed by atoms with Gasteiger partial charge in [0.25, 0.3) is 0 Å². The molecule has 0 saturated carbocycles. The summed E-state index contributed by atoms with van der Waals surface area (Å²) >= 11 is 0. The number of likely N-dealkylation sites (N-methyl/N-ethyl adjacent to an activating group) is 4. The van der Waals surface area contributed by atoms with Crippen LogP contribution in [0.1, 0.15) is 81.2 Å². The first kappa shape index (κ1) is 43.6. The number of nitrogens with one attached hydrogen (secondary N) is 3. The lowest BCUT2D eigenvalue weighted by molar-refractivity contribution is -0.152. The highest BCUT2D eigenvalue weighted by atomic mass is 16.2. The highest BCUT2D eigenvalue weighted by molar-refractivity contribution is 5.96. The fourth-order valence-electron chi connectivity index (χ4n) is 6.48. The van der Waals surface area contributed by atoms with E-state index in [9.17, 15) is 24.0 Å². The zero-order valence-corrected chi connectivity index (χ0v) is 32.7. The van der Waals surface area contributed by atoms with Crippen molar-refractivity contribution in [3.05, 3.63) is 35.9 Å². The van der Waals surface area contributed by atoms with Gasteiger partial charge in [0.15, 0.2) is 0 Å². The normalized spacial score (nSPS) is 14.8. The van der Waals surface area contributed by atoms with Crippen LogP contribution in [0.25, 0.3) is 0 Å². The maximum atomic E-state index is 14.1. The van der Waals surface area contributed by atoms with Crippen LogP contribution in [0, 0.1) is 29.6 Å². The monoisotopic (exact) mass is 687 g/mol. The molecule has 11 heteroatoms. The molecule has 0 bridgehead atoms. The predicted molar refractivity (Wildman–Crippen MR) is 196 cm³/mol. The number of nitrogens with zero attached hydrogens (tertiary/aromatic N) is 3. The molecule has 0 fully saturated rings. The largest absolute Gasteiger partial charge is 0.354 e. The van der Waals surface area contributed by atoms with Gasteiger partial charge < -0.3 is 30.7 Å². The Balaban J connectivity index is 3.22. The summed E-state index contributed by atoms with van der Waals surface area (Å²) in [5.41, 5.74) is 1.10. The van der Waals surface area contributed by atoms with E-state index in [2.05, 4.69) is 16.0 Å². The third kappa shape index (κ3) is 12.4. The van der Waals surface area contributed by atoms with Gasteiger partial charge in [-0.3, -0.25) is 24.0 Å². The Morgan fingerprint density at radius 1 is 0.612 bits per heavy atom. The van der Waals surface area contributed by atoms with E-state index < -0.39 is 42.0 Å². The summed E-state index contributed by atoms with van der Waals surface area (Å²) in [6, 6.07) is 6.03. The SMILES string of the molecule is CN[C@H](CC(C)C)C(=O)N(C)[C@@H](C(=O)N[C@@H](C(=O)N(C)[C@@H](C(=O)N(C)[C@@H](C(=O)NCCc1ccccc1)C(C)C)C(C)C)C(C)C)C(C)C. The summed E-state index contributed by atoms with van der Waals surface area (Å²) in [5.74, 6) is -2.36. The van der Waals surface area contributed by atoms with Crippen molar-refractivity contribution in [2.75, 3.05) is 34.7 Å². The lowest BCUT2D eigenvalue weighted by Gasteiger charge is -2.39. The van der Waals surface area contributed by atoms with Crippen LogP contribution in [0.3, 0.4) is 0 Å². The van der Waals surface area contributed by atoms with E-state index in [0.717, 1.165) is 5.56 Å². The number of carbonyl (C=O) groups is 5. The second-order valence-electron chi connectivity index (χ2n) is 15.1. The number of benzene rings is 1. The van der Waals surface area contributed by atoms with Gasteiger partial charge in [0.1, 0.15) is 24.2 Å². The van der Waals surface area contributed by atoms with Crippen molar-refractivity contribution < 1.29 is 24.0 Å². The molecule has 0 aliphatic heterocycles. The van der Waals surface area contributed by atoms with E-state index in [1.165, 1.54) is 14.7 Å². The van der Waals surface area contributed by atoms with E-state index in [1.807, 2.05) is 99.6 Å². The van der Waals surface area contributed by atoms with Gasteiger partial charge in [0, 0.05) is 27.7 Å². The Bertz CT molecular complexity index is 1220. The van der Waals surface area contributed by atoms with Gasteiger partial charge in [-0.05, 0) is 55.0 Å². The minimum Gasteiger partial charge on any atom is -0.354 e. The van der Waals surface area contributed by atoms with Crippen LogP contribution in [0.2, 0.25) is 0 Å². The molecule has 1 aromatic carbocycles. The molecule has 49 heavy (non-hydrogen) atoms. The van der Waals surface area contributed by atoms with E-state index >= 15 is 0 Å². The van der Waals surface area contributed by atoms with E-state index in [0.29, 0.717) is 19.4 Å². The van der Waals surface area contributed by atoms with Crippen LogP contribution in [0.15, 0.2) is 30.3 Å². The highest BCUT2D eigenvalue weighted by Crippen LogP contribution is 2.21. The van der Waals surface area contributed by atoms with Crippen molar-refractivity contribution in [1.82, 2.24) is 30.7 Å². The molecule has 1 aromatic rings. The smallest absolute Gasteiger partial charge is 0.246 e. The van der Waals surface area contributed by atoms with E-state index in [1.54, 1.807) is 28.2 Å². The number of hydrogen-bond acceptors (Lipinski definition) is 6. The molecular weight excluding hydrogens is 620 g/mol. The first-order valence-corrected chi connectivity index (χ1v) is 17.9. The maximum Gasteiger partial charge on any atom is 0.246 e. The predicted octanol–water partition coefficient (Wildman–Crippen LogP) is 3.57. The molecule has 3 N–H and O–H groups in total. The molecule has 1 rings (SSSR count). The standard InChI is InChI=1S/C38H66N6O5/c1-23(2)22-29(39-11)36(47)42(12)32(26(7)8)35(46)41-30(24(3)4)37(48)44(14)33(27(9)10)38(49)43(13)31(25(5)6)34(45)40-21-20-28-18-16-15-17-19-28/h15-19,23-27,29-33,39H,20-22H2,1-14H3,(H,40,45)(H,41,46)/t29-,30-,31-,32-,33-/m1/s1. The quantitative estimate of drug-likeness (QED) is 0.204. The van der Waals surface area contributed by atoms with Crippen LogP contribution in [0.4, 0.5) is 0 Å². The van der Waals surface area contributed by atoms with E-state index in [4.69, 9.17) is 0 Å². The minimum atomic E-state index is -0.945. The lowest BCUT2D eigenvalue weighted by atomic mass is 9.94. The summed E-state index contributed by atoms with van der Waals surface area (Å²) in [6.07, 6.45) is 1.29. The Morgan fingerprint density at radius 2 is 1.08 bits per heavy atom. The zero-order chi connectivity index (χ0) is 37.7. The molecule has 0 aliphatic rings. The first-order chi connectivity index (χ1) is 22.8. The fourth-order valence-corrected chi connectivity index (χ4v) is 6.48. The Hall–Kier alpha value is -3.47. The molecule has 0 saturated heterocycles. The number of amides is 5. The van der Waals surface area contributed by atoms with Crippen molar-refractivity contribution in [2.24, 2.45) is 29.6 Å². The number of hydrogen-bond donors (Lipinski definition) is 3. The molecule has 5 amide bonds. The first-order valence-electron chi connectivity index (χ1n) is 17.9. The summed E-state index contributed by atoms with van der Waals surface area (Å²) in [5, 5.41) is 9.00. The van der Waals surface area contributed by atoms with Gasteiger partial charge in [0.2, 0.25) is 29.5 Å². The molecular formula is C38H66N6O5. The molecule has 0 heterocycles. The van der Waals surface area contributed by atoms with Crippen LogP contribution in [-0.4, -0.2) is 109 Å². The molecule has 278 valence electrons. The lowest BCUT2D eigenvalue weighted by Crippen LogP contribution is -2.62.